The molecule has 1 atom stereocenters. The second-order valence-electron chi connectivity index (χ2n) is 3.36. The smallest absolute Gasteiger partial charge is 0.128 e. The maximum atomic E-state index is 13.4. The van der Waals surface area contributed by atoms with Crippen LogP contribution in [0.3, 0.4) is 0 Å². The number of aliphatic hydroxyl groups is 1. The Morgan fingerprint density at radius 1 is 1.53 bits per heavy atom. The Morgan fingerprint density at radius 3 is 2.87 bits per heavy atom. The van der Waals surface area contributed by atoms with Gasteiger partial charge in [0.15, 0.2) is 0 Å². The minimum atomic E-state index is -0.386. The van der Waals surface area contributed by atoms with Gasteiger partial charge in [-0.25, -0.2) is 4.39 Å². The molecule has 1 aromatic rings. The zero-order chi connectivity index (χ0) is 11.3. The van der Waals surface area contributed by atoms with Crippen molar-refractivity contribution >= 4 is 11.6 Å². The maximum absolute atomic E-state index is 13.4. The first kappa shape index (κ1) is 12.4. The fraction of sp³-hybridized carbons (Fsp3) is 0.455. The monoisotopic (exact) mass is 231 g/mol. The third kappa shape index (κ3) is 3.45. The average molecular weight is 232 g/mol. The Kier molecular flexibility index (Phi) is 5.02. The molecule has 2 nitrogen and oxygen atoms in total. The lowest BCUT2D eigenvalue weighted by atomic mass is 10.1. The van der Waals surface area contributed by atoms with Gasteiger partial charge in [0.1, 0.15) is 5.82 Å². The second-order valence-corrected chi connectivity index (χ2v) is 3.79. The lowest BCUT2D eigenvalue weighted by Crippen LogP contribution is -2.25. The van der Waals surface area contributed by atoms with Crippen LogP contribution in [0.25, 0.3) is 0 Å². The van der Waals surface area contributed by atoms with Gasteiger partial charge in [-0.3, -0.25) is 0 Å². The molecule has 4 heteroatoms. The molecule has 1 unspecified atom stereocenters. The average Bonchev–Trinajstić information content (AvgIpc) is 2.24. The third-order valence-corrected chi connectivity index (χ3v) is 2.39. The molecular formula is C11H15ClFNO. The number of aliphatic hydroxyl groups excluding tert-OH is 1. The fourth-order valence-electron chi connectivity index (χ4n) is 1.37. The molecule has 1 aromatic carbocycles. The van der Waals surface area contributed by atoms with Crippen molar-refractivity contribution in [1.29, 1.82) is 0 Å². The quantitative estimate of drug-likeness (QED) is 0.816. The van der Waals surface area contributed by atoms with Crippen LogP contribution in [0, 0.1) is 5.82 Å². The second kappa shape index (κ2) is 6.05. The molecule has 84 valence electrons. The van der Waals surface area contributed by atoms with Crippen LogP contribution in [0.1, 0.15) is 24.9 Å². The summed E-state index contributed by atoms with van der Waals surface area (Å²) in [4.78, 5) is 0. The van der Waals surface area contributed by atoms with Crippen LogP contribution >= 0.6 is 11.6 Å². The molecule has 0 aromatic heterocycles. The minimum absolute atomic E-state index is 0.142. The van der Waals surface area contributed by atoms with Crippen molar-refractivity contribution < 1.29 is 9.50 Å². The fourth-order valence-corrected chi connectivity index (χ4v) is 1.55. The molecule has 0 saturated heterocycles. The molecule has 0 saturated carbocycles. The minimum Gasteiger partial charge on any atom is -0.394 e. The molecule has 15 heavy (non-hydrogen) atoms. The van der Waals surface area contributed by atoms with Gasteiger partial charge < -0.3 is 10.4 Å². The Morgan fingerprint density at radius 2 is 2.27 bits per heavy atom. The first-order valence-electron chi connectivity index (χ1n) is 4.98. The van der Waals surface area contributed by atoms with E-state index in [1.54, 1.807) is 6.07 Å². The molecule has 2 N–H and O–H groups in total. The number of rotatable bonds is 5. The van der Waals surface area contributed by atoms with E-state index in [2.05, 4.69) is 5.32 Å². The van der Waals surface area contributed by atoms with Crippen molar-refractivity contribution in [2.75, 3.05) is 13.2 Å². The van der Waals surface area contributed by atoms with Gasteiger partial charge in [0.05, 0.1) is 12.6 Å². The molecule has 0 aliphatic rings. The Balaban J connectivity index is 2.85. The highest BCUT2D eigenvalue weighted by Crippen LogP contribution is 2.21. The van der Waals surface area contributed by atoms with E-state index in [1.807, 2.05) is 6.92 Å². The van der Waals surface area contributed by atoms with Gasteiger partial charge in [-0.2, -0.15) is 0 Å². The summed E-state index contributed by atoms with van der Waals surface area (Å²) in [6, 6.07) is 3.96. The summed E-state index contributed by atoms with van der Waals surface area (Å²) in [6.07, 6.45) is 0.929. The van der Waals surface area contributed by atoms with Gasteiger partial charge in [0, 0.05) is 10.6 Å². The van der Waals surface area contributed by atoms with Crippen LogP contribution in [0.15, 0.2) is 18.2 Å². The van der Waals surface area contributed by atoms with E-state index >= 15 is 0 Å². The van der Waals surface area contributed by atoms with E-state index in [-0.39, 0.29) is 18.5 Å². The molecule has 0 aliphatic carbocycles. The first-order chi connectivity index (χ1) is 7.19. The number of halogens is 2. The van der Waals surface area contributed by atoms with Gasteiger partial charge in [0.2, 0.25) is 0 Å². The molecule has 0 aliphatic heterocycles. The van der Waals surface area contributed by atoms with E-state index < -0.39 is 0 Å². The van der Waals surface area contributed by atoms with E-state index in [0.29, 0.717) is 10.6 Å². The van der Waals surface area contributed by atoms with Gasteiger partial charge in [-0.05, 0) is 31.2 Å². The van der Waals surface area contributed by atoms with Gasteiger partial charge in [0.25, 0.3) is 0 Å². The molecule has 0 fully saturated rings. The van der Waals surface area contributed by atoms with Gasteiger partial charge in [-0.15, -0.1) is 0 Å². The van der Waals surface area contributed by atoms with Crippen LogP contribution in [0.5, 0.6) is 0 Å². The standard InChI is InChI=1S/C11H15ClFNO/c1-2-5-14-11(7-15)9-6-8(12)3-4-10(9)13/h3-4,6,11,14-15H,2,5,7H2,1H3. The van der Waals surface area contributed by atoms with Crippen LogP contribution in [-0.2, 0) is 0 Å². The normalized spacial score (nSPS) is 12.8. The molecule has 1 rings (SSSR count). The predicted molar refractivity (Wildman–Crippen MR) is 59.5 cm³/mol. The van der Waals surface area contributed by atoms with E-state index in [4.69, 9.17) is 16.7 Å². The summed E-state index contributed by atoms with van der Waals surface area (Å²) in [5, 5.41) is 12.7. The number of hydrogen-bond acceptors (Lipinski definition) is 2. The van der Waals surface area contributed by atoms with Crippen LogP contribution in [0.4, 0.5) is 4.39 Å². The van der Waals surface area contributed by atoms with Crippen LogP contribution < -0.4 is 5.32 Å². The largest absolute Gasteiger partial charge is 0.394 e. The molecule has 0 radical (unpaired) electrons. The lowest BCUT2D eigenvalue weighted by molar-refractivity contribution is 0.242. The van der Waals surface area contributed by atoms with Crippen LogP contribution in [-0.4, -0.2) is 18.3 Å². The lowest BCUT2D eigenvalue weighted by Gasteiger charge is -2.17. The van der Waals surface area contributed by atoms with Crippen LogP contribution in [0.2, 0.25) is 5.02 Å². The van der Waals surface area contributed by atoms with Crippen molar-refractivity contribution in [3.63, 3.8) is 0 Å². The van der Waals surface area contributed by atoms with Crippen molar-refractivity contribution in [1.82, 2.24) is 5.32 Å². The highest BCUT2D eigenvalue weighted by atomic mass is 35.5. The Hall–Kier alpha value is -0.640. The summed E-state index contributed by atoms with van der Waals surface area (Å²) >= 11 is 5.78. The van der Waals surface area contributed by atoms with E-state index in [0.717, 1.165) is 13.0 Å². The third-order valence-electron chi connectivity index (χ3n) is 2.16. The molecule has 0 spiro atoms. The Labute approximate surface area is 94.1 Å². The highest BCUT2D eigenvalue weighted by molar-refractivity contribution is 6.30. The van der Waals surface area contributed by atoms with Gasteiger partial charge in [-0.1, -0.05) is 18.5 Å². The SMILES string of the molecule is CCCNC(CO)c1cc(Cl)ccc1F. The summed E-state index contributed by atoms with van der Waals surface area (Å²) in [7, 11) is 0. The topological polar surface area (TPSA) is 32.3 Å². The first-order valence-corrected chi connectivity index (χ1v) is 5.36. The summed E-state index contributed by atoms with van der Waals surface area (Å²) in [5.41, 5.74) is 0.415. The number of benzene rings is 1. The van der Waals surface area contributed by atoms with Crippen molar-refractivity contribution in [2.24, 2.45) is 0 Å². The Bertz CT molecular complexity index is 319. The summed E-state index contributed by atoms with van der Waals surface area (Å²) in [5.74, 6) is -0.345. The predicted octanol–water partition coefficient (Wildman–Crippen LogP) is 2.51. The van der Waals surface area contributed by atoms with Crippen molar-refractivity contribution in [3.8, 4) is 0 Å². The number of nitrogens with one attached hydrogen (secondary N) is 1. The van der Waals surface area contributed by atoms with Gasteiger partial charge >= 0.3 is 0 Å². The molecular weight excluding hydrogens is 217 g/mol. The van der Waals surface area contributed by atoms with Crippen molar-refractivity contribution in [3.05, 3.63) is 34.6 Å². The number of hydrogen-bond donors (Lipinski definition) is 2. The molecule has 0 amide bonds. The summed E-state index contributed by atoms with van der Waals surface area (Å²) < 4.78 is 13.4. The summed E-state index contributed by atoms with van der Waals surface area (Å²) in [6.45, 7) is 2.60. The zero-order valence-electron chi connectivity index (χ0n) is 8.63. The maximum Gasteiger partial charge on any atom is 0.128 e. The van der Waals surface area contributed by atoms with E-state index in [9.17, 15) is 4.39 Å². The van der Waals surface area contributed by atoms with E-state index in [1.165, 1.54) is 12.1 Å². The zero-order valence-corrected chi connectivity index (χ0v) is 9.39. The molecule has 0 bridgehead atoms. The highest BCUT2D eigenvalue weighted by Gasteiger charge is 2.14. The molecule has 0 heterocycles. The van der Waals surface area contributed by atoms with Crippen molar-refractivity contribution in [2.45, 2.75) is 19.4 Å².